The summed E-state index contributed by atoms with van der Waals surface area (Å²) in [5.74, 6) is 0.667. The Morgan fingerprint density at radius 2 is 1.79 bits per heavy atom. The van der Waals surface area contributed by atoms with Crippen LogP contribution in [0, 0.1) is 0 Å². The molecule has 1 spiro atoms. The Morgan fingerprint density at radius 3 is 2.21 bits per heavy atom. The molecular weight excluding hydrogens is 226 g/mol. The highest BCUT2D eigenvalue weighted by atomic mass is 35.5. The van der Waals surface area contributed by atoms with Crippen LogP contribution in [-0.4, -0.2) is 37.8 Å². The Balaban J connectivity index is 0.000000980. The average molecular weight is 240 g/mol. The van der Waals surface area contributed by atoms with Gasteiger partial charge in [0.2, 0.25) is 0 Å². The minimum absolute atomic E-state index is 0. The molecule has 2 heterocycles. The fraction of sp³-hybridized carbons (Fsp3) is 0.875. The van der Waals surface area contributed by atoms with Crippen molar-refractivity contribution in [2.75, 3.05) is 18.1 Å². The van der Waals surface area contributed by atoms with Gasteiger partial charge in [0.15, 0.2) is 0 Å². The highest BCUT2D eigenvalue weighted by Crippen LogP contribution is 2.30. The third-order valence-corrected chi connectivity index (χ3v) is 4.63. The molecule has 2 rings (SSSR count). The first kappa shape index (κ1) is 11.9. The summed E-state index contributed by atoms with van der Waals surface area (Å²) in [7, 11) is -2.81. The fourth-order valence-corrected chi connectivity index (χ4v) is 3.68. The summed E-state index contributed by atoms with van der Waals surface area (Å²) < 4.78 is 22.3. The molecule has 4 nitrogen and oxygen atoms in total. The Morgan fingerprint density at radius 1 is 1.21 bits per heavy atom. The maximum Gasteiger partial charge on any atom is 0.150 e. The van der Waals surface area contributed by atoms with Gasteiger partial charge in [-0.15, -0.1) is 12.4 Å². The van der Waals surface area contributed by atoms with E-state index in [1.165, 1.54) is 0 Å². The first-order valence-corrected chi connectivity index (χ1v) is 6.31. The molecule has 0 aliphatic carbocycles. The van der Waals surface area contributed by atoms with Crippen molar-refractivity contribution in [2.24, 2.45) is 0 Å². The zero-order valence-electron chi connectivity index (χ0n) is 7.78. The van der Waals surface area contributed by atoms with Gasteiger partial charge < -0.3 is 5.32 Å². The van der Waals surface area contributed by atoms with Crippen molar-refractivity contribution >= 4 is 28.0 Å². The SMILES string of the molecule is Cl.O=C1CNC2(CCS(=O)(=O)CC2)C1. The number of hydrogen-bond donors (Lipinski definition) is 1. The molecule has 0 aromatic carbocycles. The van der Waals surface area contributed by atoms with Crippen LogP contribution in [-0.2, 0) is 14.6 Å². The van der Waals surface area contributed by atoms with Gasteiger partial charge in [0.25, 0.3) is 0 Å². The van der Waals surface area contributed by atoms with Gasteiger partial charge in [0, 0.05) is 12.0 Å². The maximum atomic E-state index is 11.2. The second-order valence-corrected chi connectivity index (χ2v) is 6.30. The van der Waals surface area contributed by atoms with Crippen LogP contribution >= 0.6 is 12.4 Å². The summed E-state index contributed by atoms with van der Waals surface area (Å²) in [4.78, 5) is 11.1. The van der Waals surface area contributed by atoms with Crippen molar-refractivity contribution < 1.29 is 13.2 Å². The predicted octanol–water partition coefficient (Wildman–Crippen LogP) is -0.0820. The molecule has 14 heavy (non-hydrogen) atoms. The summed E-state index contributed by atoms with van der Waals surface area (Å²) in [6.45, 7) is 0.417. The fourth-order valence-electron chi connectivity index (χ4n) is 2.07. The van der Waals surface area contributed by atoms with Crippen molar-refractivity contribution in [2.45, 2.75) is 24.8 Å². The second-order valence-electron chi connectivity index (χ2n) is 4.00. The van der Waals surface area contributed by atoms with Gasteiger partial charge in [-0.1, -0.05) is 0 Å². The van der Waals surface area contributed by atoms with Crippen LogP contribution in [0.15, 0.2) is 0 Å². The minimum Gasteiger partial charge on any atom is -0.304 e. The molecule has 82 valence electrons. The lowest BCUT2D eigenvalue weighted by Crippen LogP contribution is -2.46. The van der Waals surface area contributed by atoms with Gasteiger partial charge >= 0.3 is 0 Å². The van der Waals surface area contributed by atoms with Gasteiger partial charge in [0.05, 0.1) is 18.1 Å². The van der Waals surface area contributed by atoms with E-state index in [1.54, 1.807) is 0 Å². The topological polar surface area (TPSA) is 63.2 Å². The number of ketones is 1. The van der Waals surface area contributed by atoms with Gasteiger partial charge in [-0.3, -0.25) is 4.79 Å². The van der Waals surface area contributed by atoms with E-state index in [4.69, 9.17) is 0 Å². The molecule has 0 aromatic rings. The van der Waals surface area contributed by atoms with E-state index in [-0.39, 0.29) is 35.2 Å². The zero-order chi connectivity index (χ0) is 9.53. The van der Waals surface area contributed by atoms with Crippen molar-refractivity contribution in [1.29, 1.82) is 0 Å². The number of nitrogens with one attached hydrogen (secondary N) is 1. The number of rotatable bonds is 0. The van der Waals surface area contributed by atoms with Crippen LogP contribution in [0.25, 0.3) is 0 Å². The number of hydrogen-bond acceptors (Lipinski definition) is 4. The lowest BCUT2D eigenvalue weighted by atomic mass is 9.90. The number of carbonyl (C=O) groups excluding carboxylic acids is 1. The van der Waals surface area contributed by atoms with E-state index in [2.05, 4.69) is 5.32 Å². The number of carbonyl (C=O) groups is 1. The van der Waals surface area contributed by atoms with Gasteiger partial charge in [-0.05, 0) is 12.8 Å². The lowest BCUT2D eigenvalue weighted by Gasteiger charge is -2.32. The summed E-state index contributed by atoms with van der Waals surface area (Å²) in [5, 5.41) is 3.15. The highest BCUT2D eigenvalue weighted by Gasteiger charge is 2.42. The number of sulfone groups is 1. The van der Waals surface area contributed by atoms with E-state index >= 15 is 0 Å². The summed E-state index contributed by atoms with van der Waals surface area (Å²) >= 11 is 0. The van der Waals surface area contributed by atoms with Gasteiger partial charge in [0.1, 0.15) is 15.6 Å². The van der Waals surface area contributed by atoms with E-state index in [9.17, 15) is 13.2 Å². The first-order chi connectivity index (χ1) is 6.02. The van der Waals surface area contributed by atoms with Crippen molar-refractivity contribution in [3.05, 3.63) is 0 Å². The molecule has 2 fully saturated rings. The van der Waals surface area contributed by atoms with Crippen molar-refractivity contribution in [3.8, 4) is 0 Å². The van der Waals surface area contributed by atoms with Crippen LogP contribution in [0.1, 0.15) is 19.3 Å². The summed E-state index contributed by atoms with van der Waals surface area (Å²) in [6, 6.07) is 0. The lowest BCUT2D eigenvalue weighted by molar-refractivity contribution is -0.116. The third kappa shape index (κ3) is 2.27. The molecule has 2 aliphatic heterocycles. The maximum absolute atomic E-state index is 11.2. The molecule has 0 bridgehead atoms. The van der Waals surface area contributed by atoms with Crippen molar-refractivity contribution in [1.82, 2.24) is 5.32 Å². The highest BCUT2D eigenvalue weighted by molar-refractivity contribution is 7.91. The summed E-state index contributed by atoms with van der Waals surface area (Å²) in [6.07, 6.45) is 1.71. The number of halogens is 1. The first-order valence-electron chi connectivity index (χ1n) is 4.49. The number of Topliss-reactive ketones (excluding diaryl/α,β-unsaturated/α-hetero) is 1. The van der Waals surface area contributed by atoms with Gasteiger partial charge in [-0.25, -0.2) is 8.42 Å². The normalized spacial score (nSPS) is 28.7. The Labute approximate surface area is 89.8 Å². The van der Waals surface area contributed by atoms with Crippen LogP contribution in [0.2, 0.25) is 0 Å². The third-order valence-electron chi connectivity index (χ3n) is 2.98. The van der Waals surface area contributed by atoms with Crippen LogP contribution in [0.5, 0.6) is 0 Å². The molecule has 2 aliphatic rings. The molecule has 1 N–H and O–H groups in total. The largest absolute Gasteiger partial charge is 0.304 e. The van der Waals surface area contributed by atoms with E-state index < -0.39 is 9.84 Å². The smallest absolute Gasteiger partial charge is 0.150 e. The van der Waals surface area contributed by atoms with Crippen LogP contribution < -0.4 is 5.32 Å². The molecule has 0 aromatic heterocycles. The molecule has 0 unspecified atom stereocenters. The standard InChI is InChI=1S/C8H13NO3S.ClH/c10-7-5-8(9-6-7)1-3-13(11,12)4-2-8;/h9H,1-6H2;1H. The molecule has 0 atom stereocenters. The van der Waals surface area contributed by atoms with E-state index in [0.717, 1.165) is 0 Å². The summed E-state index contributed by atoms with van der Waals surface area (Å²) in [5.41, 5.74) is -0.178. The molecule has 2 saturated heterocycles. The Bertz CT molecular complexity index is 324. The predicted molar refractivity (Wildman–Crippen MR) is 55.5 cm³/mol. The molecule has 0 radical (unpaired) electrons. The molecule has 6 heteroatoms. The Hall–Kier alpha value is -0.130. The quantitative estimate of drug-likeness (QED) is 0.642. The Kier molecular flexibility index (Phi) is 3.23. The van der Waals surface area contributed by atoms with E-state index in [0.29, 0.717) is 25.8 Å². The van der Waals surface area contributed by atoms with E-state index in [1.807, 2.05) is 0 Å². The zero-order valence-corrected chi connectivity index (χ0v) is 9.42. The monoisotopic (exact) mass is 239 g/mol. The average Bonchev–Trinajstić information content (AvgIpc) is 2.41. The molecular formula is C8H14ClNO3S. The van der Waals surface area contributed by atoms with Crippen molar-refractivity contribution in [3.63, 3.8) is 0 Å². The molecule has 0 amide bonds. The van der Waals surface area contributed by atoms with Gasteiger partial charge in [-0.2, -0.15) is 0 Å². The second kappa shape index (κ2) is 3.79. The molecule has 0 saturated carbocycles. The van der Waals surface area contributed by atoms with Crippen LogP contribution in [0.3, 0.4) is 0 Å². The van der Waals surface area contributed by atoms with Crippen LogP contribution in [0.4, 0.5) is 0 Å². The minimum atomic E-state index is -2.81.